The fraction of sp³-hybridized carbons (Fsp3) is 0.176. The standard InChI is InChI=1S/C17H16ClNO4S/c18-13-8-6-12(7-9-13)16(20)19-15(17(21)22)10-11-24(23)14-4-2-1-3-5-14/h1-9,15H,10-11H2,(H,19,20)(H,21,22)/t15-,24+/m1/s1. The van der Waals surface area contributed by atoms with Gasteiger partial charge in [-0.3, -0.25) is 9.00 Å². The summed E-state index contributed by atoms with van der Waals surface area (Å²) in [5.74, 6) is -1.53. The van der Waals surface area contributed by atoms with Gasteiger partial charge in [-0.15, -0.1) is 0 Å². The second-order valence-corrected chi connectivity index (χ2v) is 7.03. The molecule has 0 spiro atoms. The number of aliphatic carboxylic acids is 1. The molecule has 126 valence electrons. The summed E-state index contributed by atoms with van der Waals surface area (Å²) < 4.78 is 12.2. The van der Waals surface area contributed by atoms with Crippen LogP contribution in [0.2, 0.25) is 5.02 Å². The smallest absolute Gasteiger partial charge is 0.326 e. The van der Waals surface area contributed by atoms with Gasteiger partial charge in [0.2, 0.25) is 0 Å². The van der Waals surface area contributed by atoms with Crippen LogP contribution in [0.1, 0.15) is 16.8 Å². The van der Waals surface area contributed by atoms with Crippen LogP contribution in [0.3, 0.4) is 0 Å². The average Bonchev–Trinajstić information content (AvgIpc) is 2.59. The predicted octanol–water partition coefficient (Wildman–Crippen LogP) is 2.72. The molecule has 2 aromatic carbocycles. The first-order chi connectivity index (χ1) is 11.5. The average molecular weight is 366 g/mol. The van der Waals surface area contributed by atoms with Crippen LogP contribution in [-0.4, -0.2) is 33.0 Å². The van der Waals surface area contributed by atoms with Crippen LogP contribution in [0, 0.1) is 0 Å². The maximum atomic E-state index is 12.2. The maximum absolute atomic E-state index is 12.2. The molecule has 1 amide bonds. The Bertz CT molecular complexity index is 734. The van der Waals surface area contributed by atoms with Crippen molar-refractivity contribution in [1.29, 1.82) is 0 Å². The van der Waals surface area contributed by atoms with Crippen molar-refractivity contribution in [2.45, 2.75) is 17.4 Å². The zero-order chi connectivity index (χ0) is 17.5. The molecule has 0 aliphatic rings. The first-order valence-corrected chi connectivity index (χ1v) is 8.89. The van der Waals surface area contributed by atoms with E-state index in [-0.39, 0.29) is 12.2 Å². The van der Waals surface area contributed by atoms with Crippen LogP contribution in [0.4, 0.5) is 0 Å². The summed E-state index contributed by atoms with van der Waals surface area (Å²) in [6, 6.07) is 13.8. The zero-order valence-corrected chi connectivity index (χ0v) is 14.2. The molecule has 5 nitrogen and oxygen atoms in total. The van der Waals surface area contributed by atoms with E-state index in [9.17, 15) is 18.9 Å². The first kappa shape index (κ1) is 18.2. The molecule has 0 radical (unpaired) electrons. The van der Waals surface area contributed by atoms with E-state index < -0.39 is 28.7 Å². The van der Waals surface area contributed by atoms with E-state index in [2.05, 4.69) is 5.32 Å². The zero-order valence-electron chi connectivity index (χ0n) is 12.6. The molecule has 2 N–H and O–H groups in total. The number of carboxylic acids is 1. The van der Waals surface area contributed by atoms with Crippen molar-refractivity contribution in [3.8, 4) is 0 Å². The van der Waals surface area contributed by atoms with Crippen molar-refractivity contribution >= 4 is 34.3 Å². The van der Waals surface area contributed by atoms with Crippen LogP contribution in [0.15, 0.2) is 59.5 Å². The first-order valence-electron chi connectivity index (χ1n) is 7.20. The number of benzene rings is 2. The molecule has 24 heavy (non-hydrogen) atoms. The van der Waals surface area contributed by atoms with Crippen molar-refractivity contribution < 1.29 is 18.9 Å². The SMILES string of the molecule is O=C(N[C@H](CC[S@](=O)c1ccccc1)C(=O)O)c1ccc(Cl)cc1. The summed E-state index contributed by atoms with van der Waals surface area (Å²) in [7, 11) is -1.32. The van der Waals surface area contributed by atoms with Crippen LogP contribution >= 0.6 is 11.6 Å². The molecule has 0 unspecified atom stereocenters. The van der Waals surface area contributed by atoms with E-state index >= 15 is 0 Å². The normalized spacial score (nSPS) is 13.0. The van der Waals surface area contributed by atoms with Crippen molar-refractivity contribution in [3.63, 3.8) is 0 Å². The van der Waals surface area contributed by atoms with Crippen molar-refractivity contribution in [2.24, 2.45) is 0 Å². The number of halogens is 1. The highest BCUT2D eigenvalue weighted by Gasteiger charge is 2.21. The molecule has 7 heteroatoms. The van der Waals surface area contributed by atoms with E-state index in [4.69, 9.17) is 11.6 Å². The molecular formula is C17H16ClNO4S. The van der Waals surface area contributed by atoms with Gasteiger partial charge in [0, 0.05) is 21.2 Å². The molecule has 0 saturated carbocycles. The van der Waals surface area contributed by atoms with E-state index in [0.29, 0.717) is 15.5 Å². The lowest BCUT2D eigenvalue weighted by Gasteiger charge is -2.14. The quantitative estimate of drug-likeness (QED) is 0.790. The van der Waals surface area contributed by atoms with Gasteiger partial charge in [0.1, 0.15) is 6.04 Å². The van der Waals surface area contributed by atoms with Gasteiger partial charge in [0.05, 0.1) is 10.8 Å². The number of hydrogen-bond donors (Lipinski definition) is 2. The lowest BCUT2D eigenvalue weighted by Crippen LogP contribution is -2.41. The summed E-state index contributed by atoms with van der Waals surface area (Å²) in [5.41, 5.74) is 0.315. The monoisotopic (exact) mass is 365 g/mol. The van der Waals surface area contributed by atoms with Gasteiger partial charge < -0.3 is 10.4 Å². The molecule has 0 aromatic heterocycles. The number of nitrogens with one attached hydrogen (secondary N) is 1. The fourth-order valence-corrected chi connectivity index (χ4v) is 3.29. The van der Waals surface area contributed by atoms with Gasteiger partial charge in [-0.1, -0.05) is 29.8 Å². The van der Waals surface area contributed by atoms with Crippen molar-refractivity contribution in [2.75, 3.05) is 5.75 Å². The molecule has 0 heterocycles. The largest absolute Gasteiger partial charge is 0.480 e. The Kier molecular flexibility index (Phi) is 6.52. The van der Waals surface area contributed by atoms with Gasteiger partial charge in [0.25, 0.3) is 5.91 Å². The number of carbonyl (C=O) groups is 2. The number of carboxylic acid groups (broad SMARTS) is 1. The summed E-state index contributed by atoms with van der Waals surface area (Å²) in [4.78, 5) is 24.1. The molecule has 0 bridgehead atoms. The van der Waals surface area contributed by atoms with E-state index in [1.165, 1.54) is 12.1 Å². The maximum Gasteiger partial charge on any atom is 0.326 e. The summed E-state index contributed by atoms with van der Waals surface area (Å²) >= 11 is 5.76. The second kappa shape index (κ2) is 8.61. The van der Waals surface area contributed by atoms with Gasteiger partial charge >= 0.3 is 5.97 Å². The third-order valence-electron chi connectivity index (χ3n) is 3.31. The summed E-state index contributed by atoms with van der Waals surface area (Å²) in [6.07, 6.45) is 0.0656. The highest BCUT2D eigenvalue weighted by Crippen LogP contribution is 2.11. The topological polar surface area (TPSA) is 83.5 Å². The number of hydrogen-bond acceptors (Lipinski definition) is 3. The van der Waals surface area contributed by atoms with Gasteiger partial charge in [-0.2, -0.15) is 0 Å². The van der Waals surface area contributed by atoms with Gasteiger partial charge in [0.15, 0.2) is 0 Å². The molecular weight excluding hydrogens is 350 g/mol. The molecule has 0 aliphatic heterocycles. The minimum atomic E-state index is -1.32. The Morgan fingerprint density at radius 2 is 1.71 bits per heavy atom. The van der Waals surface area contributed by atoms with Crippen LogP contribution < -0.4 is 5.32 Å². The lowest BCUT2D eigenvalue weighted by atomic mass is 10.1. The molecule has 0 aliphatic carbocycles. The van der Waals surface area contributed by atoms with E-state index in [0.717, 1.165) is 0 Å². The Morgan fingerprint density at radius 1 is 1.08 bits per heavy atom. The Labute approximate surface area is 147 Å². The third kappa shape index (κ3) is 5.18. The number of amides is 1. The minimum absolute atomic E-state index is 0.0656. The number of rotatable bonds is 7. The highest BCUT2D eigenvalue weighted by atomic mass is 35.5. The molecule has 2 aromatic rings. The third-order valence-corrected chi connectivity index (χ3v) is 4.96. The highest BCUT2D eigenvalue weighted by molar-refractivity contribution is 7.85. The van der Waals surface area contributed by atoms with Crippen molar-refractivity contribution in [3.05, 3.63) is 65.2 Å². The Hall–Kier alpha value is -2.18. The van der Waals surface area contributed by atoms with Crippen molar-refractivity contribution in [1.82, 2.24) is 5.32 Å². The van der Waals surface area contributed by atoms with Crippen LogP contribution in [0.25, 0.3) is 0 Å². The van der Waals surface area contributed by atoms with Gasteiger partial charge in [-0.05, 0) is 42.8 Å². The lowest BCUT2D eigenvalue weighted by molar-refractivity contribution is -0.139. The summed E-state index contributed by atoms with van der Waals surface area (Å²) in [6.45, 7) is 0. The van der Waals surface area contributed by atoms with E-state index in [1.54, 1.807) is 36.4 Å². The summed E-state index contributed by atoms with van der Waals surface area (Å²) in [5, 5.41) is 12.2. The molecule has 0 saturated heterocycles. The van der Waals surface area contributed by atoms with Crippen LogP contribution in [-0.2, 0) is 15.6 Å². The Morgan fingerprint density at radius 3 is 2.29 bits per heavy atom. The molecule has 2 rings (SSSR count). The van der Waals surface area contributed by atoms with Crippen LogP contribution in [0.5, 0.6) is 0 Å². The molecule has 2 atom stereocenters. The minimum Gasteiger partial charge on any atom is -0.480 e. The van der Waals surface area contributed by atoms with E-state index in [1.807, 2.05) is 6.07 Å². The van der Waals surface area contributed by atoms with Gasteiger partial charge in [-0.25, -0.2) is 4.79 Å². The second-order valence-electron chi connectivity index (χ2n) is 5.02. The molecule has 0 fully saturated rings. The fourth-order valence-electron chi connectivity index (χ4n) is 2.02. The predicted molar refractivity (Wildman–Crippen MR) is 92.7 cm³/mol. The Balaban J connectivity index is 1.97. The number of carbonyl (C=O) groups excluding carboxylic acids is 1.